The number of rotatable bonds is 3. The standard InChI is InChI=1S/C36H23N4P/c1-2-14-29-25(10-1)26-11-3-6-16-31(26)39-35-30(38-36(29)39)15-9-19-34(35)41(24-20-22-37-23-21-24)40-32-17-7-4-12-27(32)28-13-5-8-18-33(28)40/h1-23H. The Morgan fingerprint density at radius 1 is 0.488 bits per heavy atom. The van der Waals surface area contributed by atoms with Gasteiger partial charge in [-0.2, -0.15) is 0 Å². The zero-order chi connectivity index (χ0) is 26.9. The molecular weight excluding hydrogens is 519 g/mol. The van der Waals surface area contributed by atoms with Gasteiger partial charge in [0.1, 0.15) is 5.65 Å². The smallest absolute Gasteiger partial charge is 0.146 e. The van der Waals surface area contributed by atoms with Crippen molar-refractivity contribution in [3.8, 4) is 0 Å². The maximum Gasteiger partial charge on any atom is 0.146 e. The lowest BCUT2D eigenvalue weighted by molar-refractivity contribution is 1.32. The van der Waals surface area contributed by atoms with Gasteiger partial charge >= 0.3 is 0 Å². The van der Waals surface area contributed by atoms with E-state index in [0.717, 1.165) is 16.7 Å². The molecule has 192 valence electrons. The normalized spacial score (nSPS) is 12.8. The molecule has 0 aliphatic carbocycles. The van der Waals surface area contributed by atoms with Gasteiger partial charge < -0.3 is 4.34 Å². The van der Waals surface area contributed by atoms with Gasteiger partial charge in [-0.1, -0.05) is 91.0 Å². The van der Waals surface area contributed by atoms with Gasteiger partial charge in [0.25, 0.3) is 0 Å². The van der Waals surface area contributed by atoms with Crippen LogP contribution in [0.25, 0.3) is 60.2 Å². The second-order valence-corrected chi connectivity index (χ2v) is 12.4. The Morgan fingerprint density at radius 3 is 1.73 bits per heavy atom. The number of imidazole rings is 1. The molecule has 4 heterocycles. The van der Waals surface area contributed by atoms with Crippen molar-refractivity contribution in [3.63, 3.8) is 0 Å². The van der Waals surface area contributed by atoms with Gasteiger partial charge in [0.2, 0.25) is 0 Å². The molecule has 0 fully saturated rings. The van der Waals surface area contributed by atoms with Gasteiger partial charge in [-0.05, 0) is 41.8 Å². The Bertz CT molecular complexity index is 2390. The average molecular weight is 543 g/mol. The molecule has 0 N–H and O–H groups in total. The Kier molecular flexibility index (Phi) is 4.84. The first-order valence-electron chi connectivity index (χ1n) is 13.8. The quantitative estimate of drug-likeness (QED) is 0.167. The van der Waals surface area contributed by atoms with E-state index in [-0.39, 0.29) is 0 Å². The lowest BCUT2D eigenvalue weighted by Gasteiger charge is -2.23. The number of benzene rings is 5. The predicted molar refractivity (Wildman–Crippen MR) is 173 cm³/mol. The molecule has 5 heteroatoms. The topological polar surface area (TPSA) is 35.1 Å². The number of aromatic nitrogens is 4. The minimum atomic E-state index is -1.04. The van der Waals surface area contributed by atoms with Gasteiger partial charge in [0.15, 0.2) is 0 Å². The molecule has 0 aliphatic heterocycles. The van der Waals surface area contributed by atoms with Crippen molar-refractivity contribution in [2.75, 3.05) is 0 Å². The fraction of sp³-hybridized carbons (Fsp3) is 0. The van der Waals surface area contributed by atoms with Crippen LogP contribution in [-0.2, 0) is 0 Å². The van der Waals surface area contributed by atoms with Crippen LogP contribution in [0.1, 0.15) is 0 Å². The number of nitrogens with zero attached hydrogens (tertiary/aromatic N) is 4. The number of hydrogen-bond donors (Lipinski definition) is 0. The molecular formula is C36H23N4P. The molecule has 1 atom stereocenters. The second kappa shape index (κ2) is 8.72. The summed E-state index contributed by atoms with van der Waals surface area (Å²) in [5.41, 5.74) is 6.80. The monoisotopic (exact) mass is 542 g/mol. The van der Waals surface area contributed by atoms with Crippen molar-refractivity contribution in [1.82, 2.24) is 18.7 Å². The van der Waals surface area contributed by atoms with E-state index in [4.69, 9.17) is 4.98 Å². The first kappa shape index (κ1) is 22.7. The molecule has 0 saturated carbocycles. The maximum atomic E-state index is 5.29. The highest BCUT2D eigenvalue weighted by Gasteiger charge is 2.26. The van der Waals surface area contributed by atoms with E-state index in [1.165, 1.54) is 54.1 Å². The van der Waals surface area contributed by atoms with E-state index in [9.17, 15) is 0 Å². The highest BCUT2D eigenvalue weighted by atomic mass is 31.1. The summed E-state index contributed by atoms with van der Waals surface area (Å²) >= 11 is 0. The van der Waals surface area contributed by atoms with Gasteiger partial charge in [-0.15, -0.1) is 0 Å². The van der Waals surface area contributed by atoms with Crippen molar-refractivity contribution in [2.45, 2.75) is 0 Å². The summed E-state index contributed by atoms with van der Waals surface area (Å²) in [5, 5.41) is 8.68. The molecule has 4 aromatic heterocycles. The van der Waals surface area contributed by atoms with Crippen molar-refractivity contribution in [1.29, 1.82) is 0 Å². The summed E-state index contributed by atoms with van der Waals surface area (Å²) in [5.74, 6) is 0. The third-order valence-corrected chi connectivity index (χ3v) is 10.6. The molecule has 41 heavy (non-hydrogen) atoms. The van der Waals surface area contributed by atoms with Gasteiger partial charge in [0.05, 0.1) is 35.7 Å². The number of fused-ring (bicyclic) bond motifs is 11. The van der Waals surface area contributed by atoms with Crippen molar-refractivity contribution < 1.29 is 0 Å². The lowest BCUT2D eigenvalue weighted by Crippen LogP contribution is -2.19. The highest BCUT2D eigenvalue weighted by molar-refractivity contribution is 7.72. The van der Waals surface area contributed by atoms with Gasteiger partial charge in [-0.25, -0.2) is 4.98 Å². The fourth-order valence-corrected chi connectivity index (χ4v) is 9.03. The van der Waals surface area contributed by atoms with Crippen molar-refractivity contribution in [2.24, 2.45) is 0 Å². The molecule has 0 aliphatic rings. The summed E-state index contributed by atoms with van der Waals surface area (Å²) in [4.78, 5) is 9.68. The number of para-hydroxylation sites is 4. The molecule has 9 aromatic rings. The summed E-state index contributed by atoms with van der Waals surface area (Å²) < 4.78 is 4.96. The third-order valence-electron chi connectivity index (χ3n) is 8.15. The summed E-state index contributed by atoms with van der Waals surface area (Å²) in [6, 6.07) is 45.8. The fourth-order valence-electron chi connectivity index (χ4n) is 6.47. The zero-order valence-electron chi connectivity index (χ0n) is 22.0. The second-order valence-electron chi connectivity index (χ2n) is 10.3. The highest BCUT2D eigenvalue weighted by Crippen LogP contribution is 2.46. The minimum absolute atomic E-state index is 0.994. The summed E-state index contributed by atoms with van der Waals surface area (Å²) in [6.45, 7) is 0. The van der Waals surface area contributed by atoms with Crippen LogP contribution in [0.3, 0.4) is 0 Å². The molecule has 4 nitrogen and oxygen atoms in total. The Labute approximate surface area is 236 Å². The molecule has 0 amide bonds. The number of pyridine rings is 2. The van der Waals surface area contributed by atoms with Gasteiger partial charge in [0, 0.05) is 44.5 Å². The molecule has 0 spiro atoms. The number of hydrogen-bond acceptors (Lipinski definition) is 2. The predicted octanol–water partition coefficient (Wildman–Crippen LogP) is 8.19. The van der Waals surface area contributed by atoms with E-state index in [0.29, 0.717) is 0 Å². The van der Waals surface area contributed by atoms with Crippen LogP contribution in [0.5, 0.6) is 0 Å². The lowest BCUT2D eigenvalue weighted by atomic mass is 10.1. The van der Waals surface area contributed by atoms with Crippen molar-refractivity contribution >= 4 is 78.8 Å². The summed E-state index contributed by atoms with van der Waals surface area (Å²) in [7, 11) is -1.04. The van der Waals surface area contributed by atoms with E-state index in [1.54, 1.807) is 0 Å². The van der Waals surface area contributed by atoms with Crippen LogP contribution >= 0.6 is 8.07 Å². The largest absolute Gasteiger partial charge is 0.310 e. The molecule has 0 saturated heterocycles. The Hall–Kier alpha value is -5.05. The average Bonchev–Trinajstić information content (AvgIpc) is 3.60. The van der Waals surface area contributed by atoms with E-state index in [1.807, 2.05) is 12.4 Å². The van der Waals surface area contributed by atoms with Crippen LogP contribution < -0.4 is 10.6 Å². The molecule has 0 radical (unpaired) electrons. The Morgan fingerprint density at radius 2 is 1.05 bits per heavy atom. The maximum absolute atomic E-state index is 5.29. The Balaban J connectivity index is 1.50. The van der Waals surface area contributed by atoms with E-state index >= 15 is 0 Å². The van der Waals surface area contributed by atoms with E-state index in [2.05, 4.69) is 141 Å². The summed E-state index contributed by atoms with van der Waals surface area (Å²) in [6.07, 6.45) is 3.83. The third kappa shape index (κ3) is 3.20. The van der Waals surface area contributed by atoms with Crippen LogP contribution in [0.15, 0.2) is 140 Å². The first-order chi connectivity index (χ1) is 20.4. The van der Waals surface area contributed by atoms with E-state index < -0.39 is 8.07 Å². The minimum Gasteiger partial charge on any atom is -0.310 e. The van der Waals surface area contributed by atoms with Gasteiger partial charge in [-0.3, -0.25) is 9.38 Å². The van der Waals surface area contributed by atoms with Crippen LogP contribution in [0.2, 0.25) is 0 Å². The SMILES string of the molecule is c1cc(P(c2ccncc2)n2c3ccccc3c3ccccc32)c2c(c1)nc1c3ccccc3c3ccccc3n12. The zero-order valence-corrected chi connectivity index (χ0v) is 22.9. The van der Waals surface area contributed by atoms with Crippen molar-refractivity contribution in [3.05, 3.63) is 140 Å². The first-order valence-corrected chi connectivity index (χ1v) is 15.1. The van der Waals surface area contributed by atoms with Crippen LogP contribution in [0, 0.1) is 0 Å². The molecule has 9 rings (SSSR count). The van der Waals surface area contributed by atoms with Crippen LogP contribution in [0.4, 0.5) is 0 Å². The molecule has 0 bridgehead atoms. The molecule has 1 unspecified atom stereocenters. The van der Waals surface area contributed by atoms with Crippen LogP contribution in [-0.4, -0.2) is 18.7 Å². The molecule has 5 aromatic carbocycles.